The third-order valence-electron chi connectivity index (χ3n) is 2.38. The third kappa shape index (κ3) is 3.37. The second kappa shape index (κ2) is 5.77. The predicted molar refractivity (Wildman–Crippen MR) is 78.9 cm³/mol. The molecule has 8 heteroatoms. The Morgan fingerprint density at radius 2 is 2.32 bits per heavy atom. The van der Waals surface area contributed by atoms with Crippen LogP contribution in [-0.2, 0) is 5.75 Å². The van der Waals surface area contributed by atoms with Crippen molar-refractivity contribution in [2.45, 2.75) is 16.9 Å². The lowest BCUT2D eigenvalue weighted by molar-refractivity contribution is -0.384. The number of aryl methyl sites for hydroxylation is 1. The smallest absolute Gasteiger partial charge is 0.270 e. The summed E-state index contributed by atoms with van der Waals surface area (Å²) in [4.78, 5) is 14.3. The molecule has 100 valence electrons. The number of thiazole rings is 1. The molecule has 0 saturated heterocycles. The molecule has 0 atom stereocenters. The molecular weight excluding hydrogens is 306 g/mol. The molecule has 0 aliphatic heterocycles. The summed E-state index contributed by atoms with van der Waals surface area (Å²) in [6.45, 7) is 1.90. The monoisotopic (exact) mass is 315 g/mol. The molecule has 0 fully saturated rings. The van der Waals surface area contributed by atoms with Crippen LogP contribution in [0.25, 0.3) is 0 Å². The number of halogens is 1. The molecule has 0 unspecified atom stereocenters. The largest absolute Gasteiger partial charge is 0.375 e. The molecule has 0 aliphatic carbocycles. The van der Waals surface area contributed by atoms with Crippen LogP contribution in [0.3, 0.4) is 0 Å². The molecule has 5 nitrogen and oxygen atoms in total. The minimum absolute atomic E-state index is 0.00281. The van der Waals surface area contributed by atoms with Crippen molar-refractivity contribution >= 4 is 45.5 Å². The van der Waals surface area contributed by atoms with Crippen LogP contribution < -0.4 is 5.73 Å². The van der Waals surface area contributed by atoms with Crippen LogP contribution in [0.4, 0.5) is 10.8 Å². The topological polar surface area (TPSA) is 82.0 Å². The van der Waals surface area contributed by atoms with Crippen LogP contribution >= 0.6 is 34.7 Å². The van der Waals surface area contributed by atoms with Crippen molar-refractivity contribution in [2.75, 3.05) is 5.73 Å². The Hall–Kier alpha value is -1.31. The molecule has 0 amide bonds. The van der Waals surface area contributed by atoms with E-state index in [0.29, 0.717) is 15.9 Å². The summed E-state index contributed by atoms with van der Waals surface area (Å²) in [6, 6.07) is 4.49. The van der Waals surface area contributed by atoms with Crippen molar-refractivity contribution in [1.29, 1.82) is 0 Å². The molecule has 2 aromatic rings. The molecule has 0 spiro atoms. The van der Waals surface area contributed by atoms with Crippen LogP contribution in [0.5, 0.6) is 0 Å². The number of anilines is 1. The van der Waals surface area contributed by atoms with Gasteiger partial charge < -0.3 is 5.73 Å². The minimum Gasteiger partial charge on any atom is -0.375 e. The molecule has 1 aromatic carbocycles. The summed E-state index contributed by atoms with van der Waals surface area (Å²) >= 11 is 9.03. The Bertz CT molecular complexity index is 630. The van der Waals surface area contributed by atoms with E-state index in [1.807, 2.05) is 6.92 Å². The number of nitro benzene ring substituents is 1. The fraction of sp³-hybridized carbons (Fsp3) is 0.182. The van der Waals surface area contributed by atoms with E-state index in [1.54, 1.807) is 17.8 Å². The van der Waals surface area contributed by atoms with Crippen molar-refractivity contribution in [3.63, 3.8) is 0 Å². The van der Waals surface area contributed by atoms with Crippen molar-refractivity contribution in [3.8, 4) is 0 Å². The van der Waals surface area contributed by atoms with Gasteiger partial charge in [-0.15, -0.1) is 11.8 Å². The Kier molecular flexibility index (Phi) is 4.28. The molecule has 1 aromatic heterocycles. The maximum absolute atomic E-state index is 10.6. The summed E-state index contributed by atoms with van der Waals surface area (Å²) in [5, 5.41) is 11.5. The molecule has 0 radical (unpaired) electrons. The van der Waals surface area contributed by atoms with E-state index in [4.69, 9.17) is 17.3 Å². The Morgan fingerprint density at radius 1 is 1.58 bits per heavy atom. The van der Waals surface area contributed by atoms with Gasteiger partial charge in [0.05, 0.1) is 19.8 Å². The second-order valence-corrected chi connectivity index (χ2v) is 6.43. The van der Waals surface area contributed by atoms with Crippen molar-refractivity contribution in [3.05, 3.63) is 44.6 Å². The molecule has 19 heavy (non-hydrogen) atoms. The average molecular weight is 316 g/mol. The number of hydrogen-bond acceptors (Lipinski definition) is 6. The average Bonchev–Trinajstić information content (AvgIpc) is 2.66. The van der Waals surface area contributed by atoms with E-state index in [9.17, 15) is 10.1 Å². The number of hydrogen-bond donors (Lipinski definition) is 1. The lowest BCUT2D eigenvalue weighted by Gasteiger charge is -2.03. The van der Waals surface area contributed by atoms with E-state index in [1.165, 1.54) is 23.5 Å². The van der Waals surface area contributed by atoms with Crippen molar-refractivity contribution < 1.29 is 4.92 Å². The van der Waals surface area contributed by atoms with E-state index in [0.717, 1.165) is 15.5 Å². The first-order valence-corrected chi connectivity index (χ1v) is 7.44. The third-order valence-corrected chi connectivity index (χ3v) is 5.13. The molecule has 2 N–H and O–H groups in total. The first kappa shape index (κ1) is 14.1. The van der Waals surface area contributed by atoms with E-state index in [-0.39, 0.29) is 5.69 Å². The van der Waals surface area contributed by atoms with Crippen molar-refractivity contribution in [1.82, 2.24) is 4.98 Å². The summed E-state index contributed by atoms with van der Waals surface area (Å²) in [7, 11) is 0. The highest BCUT2D eigenvalue weighted by Gasteiger charge is 2.11. The Morgan fingerprint density at radius 3 is 2.84 bits per heavy atom. The van der Waals surface area contributed by atoms with Crippen LogP contribution in [0.15, 0.2) is 22.4 Å². The predicted octanol–water partition coefficient (Wildman–Crippen LogP) is 3.89. The lowest BCUT2D eigenvalue weighted by Crippen LogP contribution is -1.90. The fourth-order valence-electron chi connectivity index (χ4n) is 1.45. The Balaban J connectivity index is 2.12. The number of nitrogens with two attached hydrogens (primary N) is 1. The number of nitro groups is 1. The van der Waals surface area contributed by atoms with Gasteiger partial charge in [0.1, 0.15) is 0 Å². The number of benzene rings is 1. The normalized spacial score (nSPS) is 10.6. The zero-order valence-electron chi connectivity index (χ0n) is 9.92. The number of rotatable bonds is 4. The van der Waals surface area contributed by atoms with Crippen molar-refractivity contribution in [2.24, 2.45) is 0 Å². The van der Waals surface area contributed by atoms with Gasteiger partial charge in [-0.05, 0) is 18.6 Å². The van der Waals surface area contributed by atoms with Gasteiger partial charge in [0.25, 0.3) is 5.69 Å². The fourth-order valence-corrected chi connectivity index (χ4v) is 3.79. The van der Waals surface area contributed by atoms with Gasteiger partial charge >= 0.3 is 0 Å². The van der Waals surface area contributed by atoms with E-state index < -0.39 is 4.92 Å². The summed E-state index contributed by atoms with van der Waals surface area (Å²) in [5.41, 5.74) is 7.37. The maximum atomic E-state index is 10.6. The zero-order valence-corrected chi connectivity index (χ0v) is 12.3. The maximum Gasteiger partial charge on any atom is 0.270 e. The minimum atomic E-state index is -0.461. The number of non-ortho nitro benzene ring substituents is 1. The molecule has 0 aliphatic rings. The zero-order chi connectivity index (χ0) is 14.0. The Labute approximate surface area is 122 Å². The van der Waals surface area contributed by atoms with Gasteiger partial charge in [-0.25, -0.2) is 4.98 Å². The van der Waals surface area contributed by atoms with Gasteiger partial charge in [0.2, 0.25) is 0 Å². The highest BCUT2D eigenvalue weighted by atomic mass is 35.5. The van der Waals surface area contributed by atoms with Crippen LogP contribution in [0.1, 0.15) is 11.3 Å². The van der Waals surface area contributed by atoms with E-state index in [2.05, 4.69) is 4.98 Å². The first-order chi connectivity index (χ1) is 8.97. The van der Waals surface area contributed by atoms with E-state index >= 15 is 0 Å². The quantitative estimate of drug-likeness (QED) is 0.526. The van der Waals surface area contributed by atoms with Gasteiger partial charge in [0, 0.05) is 17.9 Å². The summed E-state index contributed by atoms with van der Waals surface area (Å²) in [6.07, 6.45) is 0. The number of aromatic nitrogens is 1. The van der Waals surface area contributed by atoms with Crippen LogP contribution in [0, 0.1) is 17.0 Å². The van der Waals surface area contributed by atoms with Crippen LogP contribution in [-0.4, -0.2) is 9.91 Å². The second-order valence-electron chi connectivity index (χ2n) is 3.75. The highest BCUT2D eigenvalue weighted by molar-refractivity contribution is 8.00. The molecule has 1 heterocycles. The summed E-state index contributed by atoms with van der Waals surface area (Å²) in [5.74, 6) is 0.624. The molecule has 0 saturated carbocycles. The number of thioether (sulfide) groups is 1. The van der Waals surface area contributed by atoms with Gasteiger partial charge in [0.15, 0.2) is 5.13 Å². The van der Waals surface area contributed by atoms with Gasteiger partial charge in [-0.1, -0.05) is 22.9 Å². The summed E-state index contributed by atoms with van der Waals surface area (Å²) < 4.78 is 1.03. The molecule has 2 rings (SSSR count). The number of nitrogens with zero attached hydrogens (tertiary/aromatic N) is 2. The lowest BCUT2D eigenvalue weighted by atomic mass is 10.2. The van der Waals surface area contributed by atoms with Gasteiger partial charge in [-0.2, -0.15) is 0 Å². The number of nitrogen functional groups attached to an aromatic ring is 1. The molecule has 0 bridgehead atoms. The standard InChI is InChI=1S/C11H10ClN3O2S2/c1-6-10(19-11(13)14-6)18-5-7-2-3-8(15(16)17)4-9(7)12/h2-4H,5H2,1H3,(H2,13,14). The molecular formula is C11H10ClN3O2S2. The highest BCUT2D eigenvalue weighted by Crippen LogP contribution is 2.34. The first-order valence-electron chi connectivity index (χ1n) is 5.26. The van der Waals surface area contributed by atoms with Crippen LogP contribution in [0.2, 0.25) is 5.02 Å². The SMILES string of the molecule is Cc1nc(N)sc1SCc1ccc([N+](=O)[O-])cc1Cl. The van der Waals surface area contributed by atoms with Gasteiger partial charge in [-0.3, -0.25) is 10.1 Å².